The summed E-state index contributed by atoms with van der Waals surface area (Å²) in [6.07, 6.45) is -0.695. The lowest BCUT2D eigenvalue weighted by molar-refractivity contribution is -0.121. The van der Waals surface area contributed by atoms with E-state index in [0.717, 1.165) is 12.2 Å². The molecule has 0 saturated carbocycles. The lowest BCUT2D eigenvalue weighted by atomic mass is 10.1. The minimum absolute atomic E-state index is 0.0498. The van der Waals surface area contributed by atoms with Crippen LogP contribution in [-0.2, 0) is 4.79 Å². The Kier molecular flexibility index (Phi) is 4.96. The summed E-state index contributed by atoms with van der Waals surface area (Å²) in [5.41, 5.74) is 1.62. The van der Waals surface area contributed by atoms with Crippen LogP contribution in [0.5, 0.6) is 0 Å². The van der Waals surface area contributed by atoms with Crippen LogP contribution >= 0.6 is 11.6 Å². The van der Waals surface area contributed by atoms with Gasteiger partial charge in [-0.05, 0) is 18.2 Å². The SMILES string of the molecule is O=C1CN(C[C@H](O)c2ccccc2Cl)CCN1c1ccccc1. The van der Waals surface area contributed by atoms with Gasteiger partial charge in [-0.2, -0.15) is 0 Å². The average Bonchev–Trinajstić information content (AvgIpc) is 2.56. The smallest absolute Gasteiger partial charge is 0.241 e. The van der Waals surface area contributed by atoms with Crippen molar-refractivity contribution in [2.24, 2.45) is 0 Å². The van der Waals surface area contributed by atoms with Crippen molar-refractivity contribution in [3.63, 3.8) is 0 Å². The number of β-amino-alcohol motifs (C(OH)–C–C–N with tert-alkyl or cyclic N) is 1. The molecule has 3 rings (SSSR count). The molecule has 1 saturated heterocycles. The van der Waals surface area contributed by atoms with E-state index in [1.165, 1.54) is 0 Å². The summed E-state index contributed by atoms with van der Waals surface area (Å²) in [5.74, 6) is 0.0498. The minimum atomic E-state index is -0.695. The molecule has 0 unspecified atom stereocenters. The van der Waals surface area contributed by atoms with Gasteiger partial charge in [0, 0.05) is 35.9 Å². The quantitative estimate of drug-likeness (QED) is 0.937. The number of aliphatic hydroxyl groups excluding tert-OH is 1. The molecule has 4 nitrogen and oxygen atoms in total. The Hall–Kier alpha value is -1.88. The van der Waals surface area contributed by atoms with Gasteiger partial charge in [0.1, 0.15) is 0 Å². The molecule has 1 amide bonds. The highest BCUT2D eigenvalue weighted by Gasteiger charge is 2.26. The standard InChI is InChI=1S/C18H19ClN2O2/c19-16-9-5-4-8-15(16)17(22)12-20-10-11-21(18(23)13-20)14-6-2-1-3-7-14/h1-9,17,22H,10-13H2/t17-/m0/s1. The second-order valence-corrected chi connectivity index (χ2v) is 6.06. The number of amides is 1. The lowest BCUT2D eigenvalue weighted by Crippen LogP contribution is -2.51. The fourth-order valence-corrected chi connectivity index (χ4v) is 3.11. The number of aliphatic hydroxyl groups is 1. The number of benzene rings is 2. The number of piperazine rings is 1. The second-order valence-electron chi connectivity index (χ2n) is 5.65. The number of hydrogen-bond acceptors (Lipinski definition) is 3. The Morgan fingerprint density at radius 2 is 1.74 bits per heavy atom. The molecule has 0 radical (unpaired) electrons. The van der Waals surface area contributed by atoms with E-state index >= 15 is 0 Å². The predicted octanol–water partition coefficient (Wildman–Crippen LogP) is 2.72. The minimum Gasteiger partial charge on any atom is -0.387 e. The monoisotopic (exact) mass is 330 g/mol. The Balaban J connectivity index is 1.62. The van der Waals surface area contributed by atoms with Gasteiger partial charge in [0.2, 0.25) is 5.91 Å². The maximum Gasteiger partial charge on any atom is 0.241 e. The summed E-state index contributed by atoms with van der Waals surface area (Å²) >= 11 is 6.11. The topological polar surface area (TPSA) is 43.8 Å². The van der Waals surface area contributed by atoms with Crippen LogP contribution in [0.4, 0.5) is 5.69 Å². The Morgan fingerprint density at radius 1 is 1.04 bits per heavy atom. The number of rotatable bonds is 4. The molecule has 0 aliphatic carbocycles. The molecule has 5 heteroatoms. The molecule has 0 aromatic heterocycles. The van der Waals surface area contributed by atoms with E-state index in [1.807, 2.05) is 53.4 Å². The zero-order chi connectivity index (χ0) is 16.2. The largest absolute Gasteiger partial charge is 0.387 e. The number of halogens is 1. The normalized spacial score (nSPS) is 17.3. The van der Waals surface area contributed by atoms with E-state index in [1.54, 1.807) is 11.0 Å². The third-order valence-electron chi connectivity index (χ3n) is 4.06. The summed E-state index contributed by atoms with van der Waals surface area (Å²) < 4.78 is 0. The highest BCUT2D eigenvalue weighted by molar-refractivity contribution is 6.31. The van der Waals surface area contributed by atoms with Crippen LogP contribution in [0.1, 0.15) is 11.7 Å². The van der Waals surface area contributed by atoms with Crippen molar-refractivity contribution in [2.45, 2.75) is 6.10 Å². The fraction of sp³-hybridized carbons (Fsp3) is 0.278. The molecule has 0 spiro atoms. The van der Waals surface area contributed by atoms with Gasteiger partial charge < -0.3 is 10.0 Å². The molecule has 0 bridgehead atoms. The number of carbonyl (C=O) groups is 1. The van der Waals surface area contributed by atoms with E-state index in [9.17, 15) is 9.90 Å². The number of anilines is 1. The van der Waals surface area contributed by atoms with E-state index < -0.39 is 6.10 Å². The van der Waals surface area contributed by atoms with Gasteiger partial charge in [0.25, 0.3) is 0 Å². The van der Waals surface area contributed by atoms with E-state index in [0.29, 0.717) is 30.2 Å². The molecule has 1 atom stereocenters. The first kappa shape index (κ1) is 16.0. The van der Waals surface area contributed by atoms with Gasteiger partial charge in [0.05, 0.1) is 12.6 Å². The van der Waals surface area contributed by atoms with Crippen molar-refractivity contribution >= 4 is 23.2 Å². The molecule has 23 heavy (non-hydrogen) atoms. The predicted molar refractivity (Wildman–Crippen MR) is 91.6 cm³/mol. The van der Waals surface area contributed by atoms with Crippen molar-refractivity contribution in [1.82, 2.24) is 4.90 Å². The summed E-state index contributed by atoms with van der Waals surface area (Å²) in [7, 11) is 0. The van der Waals surface area contributed by atoms with Crippen molar-refractivity contribution in [2.75, 3.05) is 31.1 Å². The van der Waals surface area contributed by atoms with Crippen LogP contribution in [0.25, 0.3) is 0 Å². The third kappa shape index (κ3) is 3.72. The Labute approximate surface area is 140 Å². The zero-order valence-corrected chi connectivity index (χ0v) is 13.5. The lowest BCUT2D eigenvalue weighted by Gasteiger charge is -2.35. The van der Waals surface area contributed by atoms with Crippen molar-refractivity contribution < 1.29 is 9.90 Å². The number of hydrogen-bond donors (Lipinski definition) is 1. The van der Waals surface area contributed by atoms with Crippen LogP contribution in [0.3, 0.4) is 0 Å². The highest BCUT2D eigenvalue weighted by atomic mass is 35.5. The van der Waals surface area contributed by atoms with Gasteiger partial charge >= 0.3 is 0 Å². The molecule has 1 aliphatic rings. The van der Waals surface area contributed by atoms with Gasteiger partial charge in [-0.1, -0.05) is 48.0 Å². The van der Waals surface area contributed by atoms with Crippen molar-refractivity contribution in [1.29, 1.82) is 0 Å². The summed E-state index contributed by atoms with van der Waals surface area (Å²) in [4.78, 5) is 16.1. The van der Waals surface area contributed by atoms with E-state index in [4.69, 9.17) is 11.6 Å². The van der Waals surface area contributed by atoms with Crippen LogP contribution in [0.15, 0.2) is 54.6 Å². The van der Waals surface area contributed by atoms with Gasteiger partial charge in [-0.3, -0.25) is 9.69 Å². The zero-order valence-electron chi connectivity index (χ0n) is 12.7. The second kappa shape index (κ2) is 7.13. The molecular weight excluding hydrogens is 312 g/mol. The summed E-state index contributed by atoms with van der Waals surface area (Å²) in [6.45, 7) is 2.05. The first-order valence-corrected chi connectivity index (χ1v) is 8.03. The van der Waals surface area contributed by atoms with Crippen molar-refractivity contribution in [3.8, 4) is 0 Å². The molecule has 1 fully saturated rings. The molecular formula is C18H19ClN2O2. The molecule has 1 aliphatic heterocycles. The average molecular weight is 331 g/mol. The highest BCUT2D eigenvalue weighted by Crippen LogP contribution is 2.24. The van der Waals surface area contributed by atoms with Crippen molar-refractivity contribution in [3.05, 3.63) is 65.2 Å². The van der Waals surface area contributed by atoms with E-state index in [2.05, 4.69) is 0 Å². The van der Waals surface area contributed by atoms with Crippen LogP contribution in [0.2, 0.25) is 5.02 Å². The number of para-hydroxylation sites is 1. The number of nitrogens with zero attached hydrogens (tertiary/aromatic N) is 2. The molecule has 2 aromatic carbocycles. The molecule has 120 valence electrons. The summed E-state index contributed by atoms with van der Waals surface area (Å²) in [6, 6.07) is 16.9. The van der Waals surface area contributed by atoms with E-state index in [-0.39, 0.29) is 5.91 Å². The Morgan fingerprint density at radius 3 is 2.43 bits per heavy atom. The van der Waals surface area contributed by atoms with Gasteiger partial charge in [-0.15, -0.1) is 0 Å². The maximum atomic E-state index is 12.4. The molecule has 1 heterocycles. The third-order valence-corrected chi connectivity index (χ3v) is 4.41. The fourth-order valence-electron chi connectivity index (χ4n) is 2.85. The Bertz CT molecular complexity index is 678. The van der Waals surface area contributed by atoms with Crippen LogP contribution in [0, 0.1) is 0 Å². The molecule has 2 aromatic rings. The maximum absolute atomic E-state index is 12.4. The first-order valence-electron chi connectivity index (χ1n) is 7.65. The van der Waals surface area contributed by atoms with Crippen LogP contribution < -0.4 is 4.90 Å². The van der Waals surface area contributed by atoms with Crippen LogP contribution in [-0.4, -0.2) is 42.1 Å². The van der Waals surface area contributed by atoms with Gasteiger partial charge in [-0.25, -0.2) is 0 Å². The summed E-state index contributed by atoms with van der Waals surface area (Å²) in [5, 5.41) is 10.9. The first-order chi connectivity index (χ1) is 11.1. The van der Waals surface area contributed by atoms with Gasteiger partial charge in [0.15, 0.2) is 0 Å². The number of carbonyl (C=O) groups excluding carboxylic acids is 1. The molecule has 1 N–H and O–H groups in total.